The van der Waals surface area contributed by atoms with Crippen LogP contribution in [-0.4, -0.2) is 41.5 Å². The highest BCUT2D eigenvalue weighted by Crippen LogP contribution is 2.32. The number of carbonyl (C=O) groups excluding carboxylic acids is 1. The van der Waals surface area contributed by atoms with Crippen LogP contribution in [0.15, 0.2) is 0 Å². The van der Waals surface area contributed by atoms with Gasteiger partial charge in [0.15, 0.2) is 0 Å². The van der Waals surface area contributed by atoms with Gasteiger partial charge in [0, 0.05) is 13.5 Å². The normalized spacial score (nSPS) is 14.8. The molecule has 0 aliphatic rings. The summed E-state index contributed by atoms with van der Waals surface area (Å²) in [6.07, 6.45) is 2.00. The Kier molecular flexibility index (Phi) is 7.05. The third-order valence-corrected chi connectivity index (χ3v) is 3.78. The van der Waals surface area contributed by atoms with Crippen LogP contribution < -0.4 is 5.73 Å². The van der Waals surface area contributed by atoms with Gasteiger partial charge < -0.3 is 15.7 Å². The van der Waals surface area contributed by atoms with Crippen molar-refractivity contribution in [2.24, 2.45) is 17.1 Å². The fourth-order valence-electron chi connectivity index (χ4n) is 2.07. The highest BCUT2D eigenvalue weighted by Gasteiger charge is 2.26. The summed E-state index contributed by atoms with van der Waals surface area (Å²) in [4.78, 5) is 24.1. The van der Waals surface area contributed by atoms with Crippen molar-refractivity contribution in [2.75, 3.05) is 13.6 Å². The van der Waals surface area contributed by atoms with E-state index in [0.717, 1.165) is 12.8 Å². The largest absolute Gasteiger partial charge is 0.480 e. The van der Waals surface area contributed by atoms with E-state index in [1.54, 1.807) is 0 Å². The average molecular weight is 272 g/mol. The first-order valence-corrected chi connectivity index (χ1v) is 6.79. The molecule has 3 N–H and O–H groups in total. The zero-order valence-corrected chi connectivity index (χ0v) is 12.8. The predicted octanol–water partition coefficient (Wildman–Crippen LogP) is 1.71. The number of rotatable bonds is 7. The minimum Gasteiger partial charge on any atom is -0.480 e. The maximum absolute atomic E-state index is 12.0. The first-order chi connectivity index (χ1) is 8.61. The highest BCUT2D eigenvalue weighted by atomic mass is 16.4. The number of amides is 1. The molecule has 0 fully saturated rings. The van der Waals surface area contributed by atoms with Gasteiger partial charge in [0.25, 0.3) is 0 Å². The Labute approximate surface area is 116 Å². The number of nitrogens with zero attached hydrogens (tertiary/aromatic N) is 1. The van der Waals surface area contributed by atoms with Crippen LogP contribution in [0.25, 0.3) is 0 Å². The molecule has 0 saturated heterocycles. The number of carboxylic acid groups (broad SMARTS) is 1. The number of likely N-dealkylation sites (N-methyl/N-ethyl adjacent to an activating group) is 1. The van der Waals surface area contributed by atoms with Crippen LogP contribution in [0.2, 0.25) is 0 Å². The van der Waals surface area contributed by atoms with E-state index in [4.69, 9.17) is 10.8 Å². The minimum absolute atomic E-state index is 0.108. The summed E-state index contributed by atoms with van der Waals surface area (Å²) in [5.41, 5.74) is 5.71. The van der Waals surface area contributed by atoms with E-state index in [1.165, 1.54) is 18.9 Å². The third kappa shape index (κ3) is 6.05. The van der Waals surface area contributed by atoms with Crippen molar-refractivity contribution < 1.29 is 14.7 Å². The van der Waals surface area contributed by atoms with E-state index >= 15 is 0 Å². The number of hydrogen-bond acceptors (Lipinski definition) is 3. The Morgan fingerprint density at radius 2 is 1.79 bits per heavy atom. The fraction of sp³-hybridized carbons (Fsp3) is 0.857. The molecule has 2 atom stereocenters. The molecule has 5 heteroatoms. The topological polar surface area (TPSA) is 83.6 Å². The lowest BCUT2D eigenvalue weighted by Gasteiger charge is -2.31. The molecule has 5 nitrogen and oxygen atoms in total. The number of aliphatic carboxylic acids is 1. The lowest BCUT2D eigenvalue weighted by Crippen LogP contribution is -2.40. The van der Waals surface area contributed by atoms with E-state index < -0.39 is 12.0 Å². The van der Waals surface area contributed by atoms with Gasteiger partial charge >= 0.3 is 5.97 Å². The summed E-state index contributed by atoms with van der Waals surface area (Å²) in [6, 6.07) is -0.782. The average Bonchev–Trinajstić information content (AvgIpc) is 2.30. The van der Waals surface area contributed by atoms with Crippen LogP contribution in [0.3, 0.4) is 0 Å². The summed E-state index contributed by atoms with van der Waals surface area (Å²) in [5.74, 6) is -0.735. The van der Waals surface area contributed by atoms with Crippen molar-refractivity contribution in [1.29, 1.82) is 0 Å². The highest BCUT2D eigenvalue weighted by molar-refractivity contribution is 5.83. The van der Waals surface area contributed by atoms with Crippen LogP contribution >= 0.6 is 0 Å². The van der Waals surface area contributed by atoms with Crippen molar-refractivity contribution in [2.45, 2.75) is 53.0 Å². The van der Waals surface area contributed by atoms with Crippen molar-refractivity contribution in [3.05, 3.63) is 0 Å². The summed E-state index contributed by atoms with van der Waals surface area (Å²) in [6.45, 7) is 8.54. The molecule has 0 radical (unpaired) electrons. The Morgan fingerprint density at radius 1 is 1.26 bits per heavy atom. The van der Waals surface area contributed by atoms with E-state index in [1.807, 2.05) is 0 Å². The number of nitrogens with two attached hydrogens (primary N) is 1. The summed E-state index contributed by atoms with van der Waals surface area (Å²) in [5, 5.41) is 8.88. The lowest BCUT2D eigenvalue weighted by molar-refractivity contribution is -0.148. The number of carbonyl (C=O) groups is 2. The van der Waals surface area contributed by atoms with Gasteiger partial charge in [-0.2, -0.15) is 0 Å². The minimum atomic E-state index is -0.981. The SMILES string of the molecule is CC(C(=O)O)N(C)C(=O)CCC(CCN)C(C)(C)C. The maximum atomic E-state index is 12.0. The molecule has 0 saturated carbocycles. The molecular weight excluding hydrogens is 244 g/mol. The van der Waals surface area contributed by atoms with Gasteiger partial charge in [-0.15, -0.1) is 0 Å². The van der Waals surface area contributed by atoms with Gasteiger partial charge in [0.05, 0.1) is 0 Å². The standard InChI is InChI=1S/C14H28N2O3/c1-10(13(18)19)16(5)12(17)7-6-11(8-9-15)14(2,3)4/h10-11H,6-9,15H2,1-5H3,(H,18,19). The molecule has 0 bridgehead atoms. The maximum Gasteiger partial charge on any atom is 0.326 e. The Balaban J connectivity index is 4.44. The Hall–Kier alpha value is -1.10. The zero-order valence-electron chi connectivity index (χ0n) is 12.8. The summed E-state index contributed by atoms with van der Waals surface area (Å²) >= 11 is 0. The smallest absolute Gasteiger partial charge is 0.326 e. The second kappa shape index (κ2) is 7.48. The van der Waals surface area contributed by atoms with E-state index in [2.05, 4.69) is 20.8 Å². The van der Waals surface area contributed by atoms with Crippen molar-refractivity contribution in [1.82, 2.24) is 4.90 Å². The van der Waals surface area contributed by atoms with Crippen molar-refractivity contribution in [3.8, 4) is 0 Å². The van der Waals surface area contributed by atoms with E-state index in [0.29, 0.717) is 18.9 Å². The second-order valence-electron chi connectivity index (χ2n) is 6.20. The first-order valence-electron chi connectivity index (χ1n) is 6.79. The van der Waals surface area contributed by atoms with Gasteiger partial charge in [0.1, 0.15) is 6.04 Å². The van der Waals surface area contributed by atoms with Gasteiger partial charge in [0.2, 0.25) is 5.91 Å². The first kappa shape index (κ1) is 17.9. The Bertz CT molecular complexity index is 310. The zero-order chi connectivity index (χ0) is 15.2. The molecule has 0 aromatic heterocycles. The van der Waals surface area contributed by atoms with Gasteiger partial charge in [-0.05, 0) is 37.6 Å². The molecule has 19 heavy (non-hydrogen) atoms. The quantitative estimate of drug-likeness (QED) is 0.739. The van der Waals surface area contributed by atoms with E-state index in [-0.39, 0.29) is 11.3 Å². The summed E-state index contributed by atoms with van der Waals surface area (Å²) in [7, 11) is 1.54. The number of hydrogen-bond donors (Lipinski definition) is 2. The predicted molar refractivity (Wildman–Crippen MR) is 75.7 cm³/mol. The van der Waals surface area contributed by atoms with Gasteiger partial charge in [-0.3, -0.25) is 4.79 Å². The molecule has 0 aliphatic heterocycles. The monoisotopic (exact) mass is 272 g/mol. The second-order valence-corrected chi connectivity index (χ2v) is 6.20. The molecule has 2 unspecified atom stereocenters. The molecule has 112 valence electrons. The van der Waals surface area contributed by atoms with Crippen molar-refractivity contribution in [3.63, 3.8) is 0 Å². The van der Waals surface area contributed by atoms with Crippen LogP contribution in [0.1, 0.15) is 47.0 Å². The fourth-order valence-corrected chi connectivity index (χ4v) is 2.07. The molecule has 0 aliphatic carbocycles. The van der Waals surface area contributed by atoms with Crippen LogP contribution in [0.5, 0.6) is 0 Å². The number of carboxylic acids is 1. The lowest BCUT2D eigenvalue weighted by atomic mass is 9.76. The van der Waals surface area contributed by atoms with E-state index in [9.17, 15) is 9.59 Å². The van der Waals surface area contributed by atoms with Crippen LogP contribution in [0.4, 0.5) is 0 Å². The van der Waals surface area contributed by atoms with Crippen LogP contribution in [-0.2, 0) is 9.59 Å². The third-order valence-electron chi connectivity index (χ3n) is 3.78. The molecule has 1 amide bonds. The molecular formula is C14H28N2O3. The van der Waals surface area contributed by atoms with Gasteiger partial charge in [-0.1, -0.05) is 20.8 Å². The van der Waals surface area contributed by atoms with Crippen LogP contribution in [0, 0.1) is 11.3 Å². The molecule has 0 rings (SSSR count). The Morgan fingerprint density at radius 3 is 2.16 bits per heavy atom. The van der Waals surface area contributed by atoms with Gasteiger partial charge in [-0.25, -0.2) is 4.79 Å². The molecule has 0 aromatic rings. The summed E-state index contributed by atoms with van der Waals surface area (Å²) < 4.78 is 0. The molecule has 0 heterocycles. The molecule has 0 aromatic carbocycles. The molecule has 0 spiro atoms. The van der Waals surface area contributed by atoms with Crippen molar-refractivity contribution >= 4 is 11.9 Å².